The molecule has 0 bridgehead atoms. The van der Waals surface area contributed by atoms with Crippen LogP contribution in [0.1, 0.15) is 20.8 Å². The van der Waals surface area contributed by atoms with Crippen LogP contribution in [0.5, 0.6) is 0 Å². The van der Waals surface area contributed by atoms with E-state index in [-0.39, 0.29) is 10.4 Å². The lowest BCUT2D eigenvalue weighted by atomic mass is 10.1. The molecule has 4 aromatic rings. The Kier molecular flexibility index (Phi) is 5.68. The van der Waals surface area contributed by atoms with Gasteiger partial charge in [0.25, 0.3) is 0 Å². The van der Waals surface area contributed by atoms with Gasteiger partial charge in [-0.1, -0.05) is 12.1 Å². The van der Waals surface area contributed by atoms with Gasteiger partial charge < -0.3 is 10.6 Å². The summed E-state index contributed by atoms with van der Waals surface area (Å²) >= 11 is 3.43. The molecule has 0 spiro atoms. The summed E-state index contributed by atoms with van der Waals surface area (Å²) in [5, 5.41) is 11.8. The Morgan fingerprint density at radius 2 is 1.78 bits per heavy atom. The van der Waals surface area contributed by atoms with Crippen molar-refractivity contribution in [2.45, 2.75) is 31.2 Å². The highest BCUT2D eigenvalue weighted by atomic mass is 79.9. The van der Waals surface area contributed by atoms with Crippen molar-refractivity contribution >= 4 is 59.8 Å². The lowest BCUT2D eigenvalue weighted by Gasteiger charge is -2.20. The lowest BCUT2D eigenvalue weighted by Crippen LogP contribution is -2.22. The quantitative estimate of drug-likeness (QED) is 0.375. The van der Waals surface area contributed by atoms with E-state index < -0.39 is 9.84 Å². The van der Waals surface area contributed by atoms with Gasteiger partial charge in [-0.15, -0.1) is 0 Å². The van der Waals surface area contributed by atoms with E-state index in [1.54, 1.807) is 30.5 Å². The number of halogens is 1. The van der Waals surface area contributed by atoms with E-state index in [9.17, 15) is 8.42 Å². The molecular formula is C22H23BrN6O2S. The van der Waals surface area contributed by atoms with Crippen LogP contribution in [0.25, 0.3) is 10.9 Å². The van der Waals surface area contributed by atoms with Crippen molar-refractivity contribution in [3.63, 3.8) is 0 Å². The van der Waals surface area contributed by atoms with E-state index in [1.165, 1.54) is 6.26 Å². The highest BCUT2D eigenvalue weighted by Crippen LogP contribution is 2.30. The second kappa shape index (κ2) is 8.18. The van der Waals surface area contributed by atoms with Crippen LogP contribution in [0.3, 0.4) is 0 Å². The third-order valence-corrected chi connectivity index (χ3v) is 6.48. The first kappa shape index (κ1) is 22.2. The molecule has 32 heavy (non-hydrogen) atoms. The van der Waals surface area contributed by atoms with E-state index in [2.05, 4.69) is 62.4 Å². The fourth-order valence-electron chi connectivity index (χ4n) is 3.31. The van der Waals surface area contributed by atoms with Crippen LogP contribution in [0.2, 0.25) is 0 Å². The molecular weight excluding hydrogens is 492 g/mol. The molecule has 4 rings (SSSR count). The molecule has 8 nitrogen and oxygen atoms in total. The summed E-state index contributed by atoms with van der Waals surface area (Å²) < 4.78 is 26.8. The van der Waals surface area contributed by atoms with Crippen molar-refractivity contribution in [3.8, 4) is 0 Å². The molecule has 10 heteroatoms. The van der Waals surface area contributed by atoms with E-state index in [1.807, 2.05) is 29.1 Å². The smallest absolute Gasteiger partial charge is 0.229 e. The number of para-hydroxylation sites is 1. The SMILES string of the molecule is CC(C)(C)n1ncc2cc(Nc3ncc(Br)c(Nc4ccccc4S(C)(=O)=O)n3)ccc21. The number of sulfone groups is 1. The van der Waals surface area contributed by atoms with E-state index in [4.69, 9.17) is 0 Å². The fourth-order valence-corrected chi connectivity index (χ4v) is 4.44. The van der Waals surface area contributed by atoms with Gasteiger partial charge >= 0.3 is 0 Å². The largest absolute Gasteiger partial charge is 0.338 e. The number of anilines is 4. The van der Waals surface area contributed by atoms with Crippen LogP contribution in [0, 0.1) is 0 Å². The summed E-state index contributed by atoms with van der Waals surface area (Å²) in [4.78, 5) is 9.03. The first-order chi connectivity index (χ1) is 15.0. The van der Waals surface area contributed by atoms with Crippen molar-refractivity contribution in [2.24, 2.45) is 0 Å². The summed E-state index contributed by atoms with van der Waals surface area (Å²) in [7, 11) is -3.40. The molecule has 0 unspecified atom stereocenters. The first-order valence-corrected chi connectivity index (χ1v) is 12.5. The molecule has 0 radical (unpaired) electrons. The van der Waals surface area contributed by atoms with Crippen LogP contribution in [0.4, 0.5) is 23.1 Å². The molecule has 166 valence electrons. The summed E-state index contributed by atoms with van der Waals surface area (Å²) in [5.41, 5.74) is 2.18. The summed E-state index contributed by atoms with van der Waals surface area (Å²) in [6.07, 6.45) is 4.62. The van der Waals surface area contributed by atoms with Gasteiger partial charge in [-0.05, 0) is 67.0 Å². The summed E-state index contributed by atoms with van der Waals surface area (Å²) in [6, 6.07) is 12.6. The maximum absolute atomic E-state index is 12.1. The number of benzene rings is 2. The van der Waals surface area contributed by atoms with Gasteiger partial charge in [-0.2, -0.15) is 10.1 Å². The minimum atomic E-state index is -3.40. The van der Waals surface area contributed by atoms with E-state index in [0.29, 0.717) is 21.9 Å². The normalized spacial score (nSPS) is 12.2. The third-order valence-electron chi connectivity index (χ3n) is 4.74. The second-order valence-corrected chi connectivity index (χ2v) is 11.2. The maximum Gasteiger partial charge on any atom is 0.229 e. The van der Waals surface area contributed by atoms with E-state index in [0.717, 1.165) is 16.6 Å². The molecule has 2 N–H and O–H groups in total. The molecule has 0 saturated heterocycles. The van der Waals surface area contributed by atoms with Crippen LogP contribution < -0.4 is 10.6 Å². The Balaban J connectivity index is 1.63. The second-order valence-electron chi connectivity index (χ2n) is 8.41. The maximum atomic E-state index is 12.1. The molecule has 2 heterocycles. The summed E-state index contributed by atoms with van der Waals surface area (Å²) in [5.74, 6) is 0.815. The van der Waals surface area contributed by atoms with Crippen LogP contribution in [-0.2, 0) is 15.4 Å². The number of hydrogen-bond donors (Lipinski definition) is 2. The molecule has 0 aliphatic rings. The third kappa shape index (κ3) is 4.61. The number of nitrogens with one attached hydrogen (secondary N) is 2. The number of aromatic nitrogens is 4. The van der Waals surface area contributed by atoms with Crippen LogP contribution in [-0.4, -0.2) is 34.4 Å². The Labute approximate surface area is 195 Å². The zero-order valence-corrected chi connectivity index (χ0v) is 20.5. The lowest BCUT2D eigenvalue weighted by molar-refractivity contribution is 0.368. The Hall–Kier alpha value is -2.98. The number of fused-ring (bicyclic) bond motifs is 1. The minimum absolute atomic E-state index is 0.117. The van der Waals surface area contributed by atoms with Gasteiger partial charge in [0.15, 0.2) is 9.84 Å². The molecule has 0 amide bonds. The average molecular weight is 515 g/mol. The van der Waals surface area contributed by atoms with Gasteiger partial charge in [-0.25, -0.2) is 13.4 Å². The fraction of sp³-hybridized carbons (Fsp3) is 0.227. The predicted molar refractivity (Wildman–Crippen MR) is 131 cm³/mol. The van der Waals surface area contributed by atoms with Gasteiger partial charge in [-0.3, -0.25) is 4.68 Å². The van der Waals surface area contributed by atoms with Crippen molar-refractivity contribution < 1.29 is 8.42 Å². The van der Waals surface area contributed by atoms with Crippen molar-refractivity contribution in [1.82, 2.24) is 19.7 Å². The van der Waals surface area contributed by atoms with Gasteiger partial charge in [0.1, 0.15) is 5.82 Å². The highest BCUT2D eigenvalue weighted by molar-refractivity contribution is 9.10. The van der Waals surface area contributed by atoms with Crippen molar-refractivity contribution in [1.29, 1.82) is 0 Å². The van der Waals surface area contributed by atoms with Gasteiger partial charge in [0.2, 0.25) is 5.95 Å². The zero-order valence-electron chi connectivity index (χ0n) is 18.1. The monoisotopic (exact) mass is 514 g/mol. The predicted octanol–water partition coefficient (Wildman–Crippen LogP) is 5.23. The molecule has 0 saturated carbocycles. The zero-order chi connectivity index (χ0) is 23.1. The number of nitrogens with zero attached hydrogens (tertiary/aromatic N) is 4. The van der Waals surface area contributed by atoms with Crippen LogP contribution >= 0.6 is 15.9 Å². The molecule has 0 aliphatic carbocycles. The van der Waals surface area contributed by atoms with E-state index >= 15 is 0 Å². The Bertz CT molecular complexity index is 1410. The molecule has 2 aromatic carbocycles. The topological polar surface area (TPSA) is 102 Å². The number of rotatable bonds is 5. The van der Waals surface area contributed by atoms with Gasteiger partial charge in [0.05, 0.1) is 32.3 Å². The highest BCUT2D eigenvalue weighted by Gasteiger charge is 2.17. The molecule has 2 aromatic heterocycles. The Morgan fingerprint density at radius 3 is 2.50 bits per heavy atom. The molecule has 0 aliphatic heterocycles. The van der Waals surface area contributed by atoms with Crippen molar-refractivity contribution in [2.75, 3.05) is 16.9 Å². The standard InChI is InChI=1S/C22H23BrN6O2S/c1-22(2,3)29-18-10-9-15(11-14(18)12-25-29)26-21-24-13-16(23)20(28-21)27-17-7-5-6-8-19(17)32(4,30)31/h5-13H,1-4H3,(H2,24,26,27,28). The number of hydrogen-bond acceptors (Lipinski definition) is 7. The van der Waals surface area contributed by atoms with Gasteiger partial charge in [0, 0.05) is 23.5 Å². The summed E-state index contributed by atoms with van der Waals surface area (Å²) in [6.45, 7) is 6.33. The van der Waals surface area contributed by atoms with Crippen molar-refractivity contribution in [3.05, 3.63) is 59.3 Å². The Morgan fingerprint density at radius 1 is 1.03 bits per heavy atom. The minimum Gasteiger partial charge on any atom is -0.338 e. The van der Waals surface area contributed by atoms with Crippen LogP contribution in [0.15, 0.2) is 64.2 Å². The molecule has 0 atom stereocenters. The average Bonchev–Trinajstić information content (AvgIpc) is 3.14. The first-order valence-electron chi connectivity index (χ1n) is 9.86. The molecule has 0 fully saturated rings.